The average Bonchev–Trinajstić information content (AvgIpc) is 2.25. The van der Waals surface area contributed by atoms with Crippen LogP contribution >= 0.6 is 0 Å². The fraction of sp³-hybridized carbons (Fsp3) is 0.538. The SMILES string of the molecule is CCCC[NH+](CCC)c1ccc(F)cc1F. The van der Waals surface area contributed by atoms with Crippen molar-refractivity contribution in [2.24, 2.45) is 0 Å². The lowest BCUT2D eigenvalue weighted by atomic mass is 10.2. The van der Waals surface area contributed by atoms with E-state index < -0.39 is 11.6 Å². The van der Waals surface area contributed by atoms with Crippen LogP contribution in [0, 0.1) is 11.6 Å². The molecule has 1 aromatic rings. The number of quaternary nitrogens is 1. The Kier molecular flexibility index (Phi) is 5.39. The Bertz CT molecular complexity index is 326. The molecule has 0 radical (unpaired) electrons. The maximum Gasteiger partial charge on any atom is 0.186 e. The topological polar surface area (TPSA) is 4.44 Å². The Hall–Kier alpha value is -0.960. The highest BCUT2D eigenvalue weighted by Crippen LogP contribution is 2.10. The summed E-state index contributed by atoms with van der Waals surface area (Å²) in [5.41, 5.74) is 0.594. The molecule has 3 heteroatoms. The molecule has 1 atom stereocenters. The molecule has 1 rings (SSSR count). The first kappa shape index (κ1) is 13.1. The number of nitrogens with one attached hydrogen (secondary N) is 1. The summed E-state index contributed by atoms with van der Waals surface area (Å²) in [5, 5.41) is 0. The van der Waals surface area contributed by atoms with Crippen LogP contribution in [0.5, 0.6) is 0 Å². The molecule has 0 saturated carbocycles. The van der Waals surface area contributed by atoms with Crippen molar-refractivity contribution in [2.75, 3.05) is 13.1 Å². The van der Waals surface area contributed by atoms with Gasteiger partial charge in [0.1, 0.15) is 5.82 Å². The zero-order valence-electron chi connectivity index (χ0n) is 10.0. The summed E-state index contributed by atoms with van der Waals surface area (Å²) in [7, 11) is 0. The van der Waals surface area contributed by atoms with Crippen molar-refractivity contribution in [3.05, 3.63) is 29.8 Å². The van der Waals surface area contributed by atoms with Gasteiger partial charge in [0, 0.05) is 12.1 Å². The Labute approximate surface area is 96.1 Å². The molecule has 0 amide bonds. The smallest absolute Gasteiger partial charge is 0.186 e. The van der Waals surface area contributed by atoms with Gasteiger partial charge in [0.05, 0.1) is 13.1 Å². The zero-order chi connectivity index (χ0) is 12.0. The highest BCUT2D eigenvalue weighted by atomic mass is 19.1. The molecule has 1 N–H and O–H groups in total. The van der Waals surface area contributed by atoms with Gasteiger partial charge in [0.2, 0.25) is 0 Å². The second kappa shape index (κ2) is 6.59. The average molecular weight is 228 g/mol. The van der Waals surface area contributed by atoms with Gasteiger partial charge < -0.3 is 0 Å². The molecule has 0 aliphatic carbocycles. The first-order valence-corrected chi connectivity index (χ1v) is 5.99. The fourth-order valence-corrected chi connectivity index (χ4v) is 1.86. The second-order valence-electron chi connectivity index (χ2n) is 4.08. The van der Waals surface area contributed by atoms with Gasteiger partial charge in [-0.05, 0) is 18.9 Å². The molecule has 0 fully saturated rings. The van der Waals surface area contributed by atoms with E-state index in [1.165, 1.54) is 6.07 Å². The minimum absolute atomic E-state index is 0.431. The molecule has 0 aliphatic rings. The van der Waals surface area contributed by atoms with Crippen molar-refractivity contribution in [1.82, 2.24) is 0 Å². The molecule has 1 unspecified atom stereocenters. The lowest BCUT2D eigenvalue weighted by molar-refractivity contribution is -0.834. The minimum Gasteiger partial charge on any atom is -0.300 e. The third kappa shape index (κ3) is 3.56. The molecule has 90 valence electrons. The van der Waals surface area contributed by atoms with Crippen molar-refractivity contribution in [3.8, 4) is 0 Å². The van der Waals surface area contributed by atoms with Crippen LogP contribution < -0.4 is 4.90 Å². The van der Waals surface area contributed by atoms with Crippen LogP contribution in [0.2, 0.25) is 0 Å². The largest absolute Gasteiger partial charge is 0.300 e. The highest BCUT2D eigenvalue weighted by Gasteiger charge is 2.16. The monoisotopic (exact) mass is 228 g/mol. The van der Waals surface area contributed by atoms with Gasteiger partial charge in [-0.3, -0.25) is 4.90 Å². The quantitative estimate of drug-likeness (QED) is 0.763. The first-order valence-electron chi connectivity index (χ1n) is 5.99. The zero-order valence-corrected chi connectivity index (χ0v) is 10.0. The summed E-state index contributed by atoms with van der Waals surface area (Å²) in [4.78, 5) is 1.11. The molecule has 1 aromatic carbocycles. The summed E-state index contributed by atoms with van der Waals surface area (Å²) < 4.78 is 26.4. The van der Waals surface area contributed by atoms with Crippen LogP contribution in [0.1, 0.15) is 33.1 Å². The molecule has 0 saturated heterocycles. The van der Waals surface area contributed by atoms with Crippen molar-refractivity contribution in [1.29, 1.82) is 0 Å². The highest BCUT2D eigenvalue weighted by molar-refractivity contribution is 5.31. The van der Waals surface area contributed by atoms with E-state index in [9.17, 15) is 8.78 Å². The summed E-state index contributed by atoms with van der Waals surface area (Å²) in [6.07, 6.45) is 3.15. The van der Waals surface area contributed by atoms with Gasteiger partial charge in [0.15, 0.2) is 11.5 Å². The van der Waals surface area contributed by atoms with Crippen molar-refractivity contribution < 1.29 is 13.7 Å². The standard InChI is InChI=1S/C13H19F2N/c1-3-5-9-16(8-4-2)13-7-6-11(14)10-12(13)15/h6-7,10H,3-5,8-9H2,1-2H3/p+1. The number of hydrogen-bond donors (Lipinski definition) is 1. The second-order valence-corrected chi connectivity index (χ2v) is 4.08. The van der Waals surface area contributed by atoms with Crippen LogP contribution in [-0.4, -0.2) is 13.1 Å². The van der Waals surface area contributed by atoms with Gasteiger partial charge >= 0.3 is 0 Å². The number of halogens is 2. The molecule has 0 bridgehead atoms. The maximum absolute atomic E-state index is 13.6. The van der Waals surface area contributed by atoms with Crippen molar-refractivity contribution >= 4 is 5.69 Å². The van der Waals surface area contributed by atoms with Crippen LogP contribution in [0.25, 0.3) is 0 Å². The number of unbranched alkanes of at least 4 members (excludes halogenated alkanes) is 1. The van der Waals surface area contributed by atoms with Crippen LogP contribution in [0.3, 0.4) is 0 Å². The van der Waals surface area contributed by atoms with Crippen molar-refractivity contribution in [3.63, 3.8) is 0 Å². The fourth-order valence-electron chi connectivity index (χ4n) is 1.86. The predicted octanol–water partition coefficient (Wildman–Crippen LogP) is 2.69. The number of benzene rings is 1. The molecule has 0 heterocycles. The number of hydrogen-bond acceptors (Lipinski definition) is 0. The summed E-state index contributed by atoms with van der Waals surface area (Å²) in [6, 6.07) is 3.86. The lowest BCUT2D eigenvalue weighted by Gasteiger charge is -2.18. The molecular formula is C13H20F2N+. The third-order valence-corrected chi connectivity index (χ3v) is 2.70. The Morgan fingerprint density at radius 2 is 1.81 bits per heavy atom. The van der Waals surface area contributed by atoms with E-state index in [-0.39, 0.29) is 0 Å². The van der Waals surface area contributed by atoms with Crippen LogP contribution in [0.4, 0.5) is 14.5 Å². The minimum atomic E-state index is -0.507. The van der Waals surface area contributed by atoms with E-state index in [4.69, 9.17) is 0 Å². The van der Waals surface area contributed by atoms with E-state index in [1.54, 1.807) is 6.07 Å². The van der Waals surface area contributed by atoms with Crippen molar-refractivity contribution in [2.45, 2.75) is 33.1 Å². The Morgan fingerprint density at radius 3 is 2.38 bits per heavy atom. The van der Waals surface area contributed by atoms with Crippen LogP contribution in [0.15, 0.2) is 18.2 Å². The summed E-state index contributed by atoms with van der Waals surface area (Å²) in [5.74, 6) is -0.938. The van der Waals surface area contributed by atoms with E-state index in [1.807, 2.05) is 0 Å². The first-order chi connectivity index (χ1) is 7.69. The van der Waals surface area contributed by atoms with E-state index in [0.717, 1.165) is 43.3 Å². The van der Waals surface area contributed by atoms with Crippen LogP contribution in [-0.2, 0) is 0 Å². The third-order valence-electron chi connectivity index (χ3n) is 2.70. The van der Waals surface area contributed by atoms with E-state index >= 15 is 0 Å². The molecule has 0 aliphatic heterocycles. The predicted molar refractivity (Wildman–Crippen MR) is 61.9 cm³/mol. The lowest BCUT2D eigenvalue weighted by Crippen LogP contribution is -3.07. The molecule has 0 spiro atoms. The number of rotatable bonds is 6. The Balaban J connectivity index is 2.82. The molecule has 0 aromatic heterocycles. The molecular weight excluding hydrogens is 208 g/mol. The molecule has 16 heavy (non-hydrogen) atoms. The van der Waals surface area contributed by atoms with E-state index in [2.05, 4.69) is 13.8 Å². The van der Waals surface area contributed by atoms with Gasteiger partial charge in [-0.25, -0.2) is 8.78 Å². The van der Waals surface area contributed by atoms with Gasteiger partial charge in [-0.1, -0.05) is 20.3 Å². The normalized spacial score (nSPS) is 12.8. The molecule has 1 nitrogen and oxygen atoms in total. The summed E-state index contributed by atoms with van der Waals surface area (Å²) >= 11 is 0. The Morgan fingerprint density at radius 1 is 1.06 bits per heavy atom. The maximum atomic E-state index is 13.6. The van der Waals surface area contributed by atoms with Gasteiger partial charge in [0.25, 0.3) is 0 Å². The van der Waals surface area contributed by atoms with Gasteiger partial charge in [-0.2, -0.15) is 0 Å². The van der Waals surface area contributed by atoms with Gasteiger partial charge in [-0.15, -0.1) is 0 Å². The summed E-state index contributed by atoms with van der Waals surface area (Å²) in [6.45, 7) is 5.99. The van der Waals surface area contributed by atoms with E-state index in [0.29, 0.717) is 5.69 Å².